The van der Waals surface area contributed by atoms with Gasteiger partial charge in [-0.25, -0.2) is 4.79 Å². The van der Waals surface area contributed by atoms with E-state index in [0.29, 0.717) is 19.0 Å². The number of rotatable bonds is 5. The lowest BCUT2D eigenvalue weighted by atomic mass is 10.1. The average Bonchev–Trinajstić information content (AvgIpc) is 3.21. The number of nitrogens with zero attached hydrogens (tertiary/aromatic N) is 1. The zero-order chi connectivity index (χ0) is 14.7. The zero-order valence-electron chi connectivity index (χ0n) is 11.9. The van der Waals surface area contributed by atoms with Crippen molar-refractivity contribution in [3.63, 3.8) is 0 Å². The van der Waals surface area contributed by atoms with E-state index in [2.05, 4.69) is 21.2 Å². The van der Waals surface area contributed by atoms with Crippen LogP contribution in [0.2, 0.25) is 0 Å². The van der Waals surface area contributed by atoms with E-state index in [4.69, 9.17) is 0 Å². The molecule has 2 N–H and O–H groups in total. The number of likely N-dealkylation sites (N-methyl/N-ethyl adjacent to an activating group) is 1. The summed E-state index contributed by atoms with van der Waals surface area (Å²) in [5, 5.41) is 12.7. The number of nitrogens with one attached hydrogen (secondary N) is 1. The van der Waals surface area contributed by atoms with Gasteiger partial charge in [0.25, 0.3) is 0 Å². The van der Waals surface area contributed by atoms with Crippen LogP contribution in [0.4, 0.5) is 4.79 Å². The number of hydrogen-bond donors (Lipinski definition) is 2. The average molecular weight is 341 g/mol. The van der Waals surface area contributed by atoms with Gasteiger partial charge in [0.2, 0.25) is 0 Å². The Morgan fingerprint density at radius 3 is 2.85 bits per heavy atom. The zero-order valence-corrected chi connectivity index (χ0v) is 13.5. The molecule has 0 saturated heterocycles. The van der Waals surface area contributed by atoms with E-state index >= 15 is 0 Å². The second kappa shape index (κ2) is 6.59. The normalized spacial score (nSPS) is 15.8. The maximum absolute atomic E-state index is 12.0. The minimum atomic E-state index is -0.389. The Bertz CT molecular complexity index is 489. The summed E-state index contributed by atoms with van der Waals surface area (Å²) in [6.07, 6.45) is 1.77. The molecule has 0 aliphatic heterocycles. The summed E-state index contributed by atoms with van der Waals surface area (Å²) in [6, 6.07) is 5.85. The molecule has 110 valence electrons. The van der Waals surface area contributed by atoms with Crippen molar-refractivity contribution in [1.29, 1.82) is 0 Å². The highest BCUT2D eigenvalue weighted by Crippen LogP contribution is 2.32. The van der Waals surface area contributed by atoms with Crippen molar-refractivity contribution in [2.24, 2.45) is 5.92 Å². The van der Waals surface area contributed by atoms with E-state index in [1.165, 1.54) is 0 Å². The van der Waals surface area contributed by atoms with Crippen molar-refractivity contribution in [2.75, 3.05) is 13.6 Å². The highest BCUT2D eigenvalue weighted by atomic mass is 79.9. The number of aliphatic hydroxyl groups excluding tert-OH is 1. The molecule has 1 fully saturated rings. The molecular weight excluding hydrogens is 320 g/mol. The van der Waals surface area contributed by atoms with Gasteiger partial charge < -0.3 is 15.3 Å². The van der Waals surface area contributed by atoms with Gasteiger partial charge in [-0.05, 0) is 48.9 Å². The van der Waals surface area contributed by atoms with E-state index in [-0.39, 0.29) is 12.1 Å². The topological polar surface area (TPSA) is 52.6 Å². The molecule has 2 amide bonds. The van der Waals surface area contributed by atoms with Crippen molar-refractivity contribution in [3.8, 4) is 0 Å². The molecule has 1 aromatic carbocycles. The van der Waals surface area contributed by atoms with Gasteiger partial charge in [-0.15, -0.1) is 0 Å². The SMILES string of the molecule is Cc1cc(Br)ccc1CNC(=O)N(C)CC(O)C1CC1. The Morgan fingerprint density at radius 2 is 2.25 bits per heavy atom. The Labute approximate surface area is 128 Å². The van der Waals surface area contributed by atoms with Gasteiger partial charge in [0.05, 0.1) is 6.10 Å². The van der Waals surface area contributed by atoms with Crippen LogP contribution >= 0.6 is 15.9 Å². The Hall–Kier alpha value is -1.07. The lowest BCUT2D eigenvalue weighted by molar-refractivity contribution is 0.113. The number of aryl methyl sites for hydroxylation is 1. The Morgan fingerprint density at radius 1 is 1.55 bits per heavy atom. The summed E-state index contributed by atoms with van der Waals surface area (Å²) in [5.74, 6) is 0.388. The predicted octanol–water partition coefficient (Wildman–Crippen LogP) is 2.67. The van der Waals surface area contributed by atoms with Crippen molar-refractivity contribution in [2.45, 2.75) is 32.4 Å². The Kier molecular flexibility index (Phi) is 5.05. The van der Waals surface area contributed by atoms with Crippen LogP contribution in [0.5, 0.6) is 0 Å². The maximum atomic E-state index is 12.0. The van der Waals surface area contributed by atoms with E-state index in [1.807, 2.05) is 25.1 Å². The molecule has 0 heterocycles. The Balaban J connectivity index is 1.81. The van der Waals surface area contributed by atoms with Crippen LogP contribution in [0, 0.1) is 12.8 Å². The van der Waals surface area contributed by atoms with Crippen molar-refractivity contribution in [1.82, 2.24) is 10.2 Å². The summed E-state index contributed by atoms with van der Waals surface area (Å²) in [4.78, 5) is 13.5. The first-order valence-corrected chi connectivity index (χ1v) is 7.68. The highest BCUT2D eigenvalue weighted by molar-refractivity contribution is 9.10. The van der Waals surface area contributed by atoms with Gasteiger partial charge in [-0.1, -0.05) is 22.0 Å². The molecule has 1 saturated carbocycles. The van der Waals surface area contributed by atoms with E-state index < -0.39 is 0 Å². The maximum Gasteiger partial charge on any atom is 0.317 e. The summed E-state index contributed by atoms with van der Waals surface area (Å²) in [6.45, 7) is 2.92. The first-order valence-electron chi connectivity index (χ1n) is 6.89. The molecular formula is C15H21BrN2O2. The minimum absolute atomic E-state index is 0.146. The molecule has 5 heteroatoms. The fourth-order valence-electron chi connectivity index (χ4n) is 2.16. The van der Waals surface area contributed by atoms with Crippen molar-refractivity contribution < 1.29 is 9.90 Å². The molecule has 0 spiro atoms. The van der Waals surface area contributed by atoms with Gasteiger partial charge >= 0.3 is 6.03 Å². The smallest absolute Gasteiger partial charge is 0.317 e. The van der Waals surface area contributed by atoms with Gasteiger partial charge in [0, 0.05) is 24.6 Å². The molecule has 1 aliphatic carbocycles. The molecule has 2 rings (SSSR count). The van der Waals surface area contributed by atoms with Gasteiger partial charge in [0.15, 0.2) is 0 Å². The van der Waals surface area contributed by atoms with E-state index in [1.54, 1.807) is 11.9 Å². The van der Waals surface area contributed by atoms with E-state index in [0.717, 1.165) is 28.4 Å². The molecule has 0 aromatic heterocycles. The standard InChI is InChI=1S/C15H21BrN2O2/c1-10-7-13(16)6-5-12(10)8-17-15(20)18(2)9-14(19)11-3-4-11/h5-7,11,14,19H,3-4,8-9H2,1-2H3,(H,17,20). The lowest BCUT2D eigenvalue weighted by Crippen LogP contribution is -2.41. The molecule has 0 radical (unpaired) electrons. The molecule has 0 bridgehead atoms. The van der Waals surface area contributed by atoms with Crippen LogP contribution in [0.1, 0.15) is 24.0 Å². The molecule has 1 unspecified atom stereocenters. The number of urea groups is 1. The fourth-order valence-corrected chi connectivity index (χ4v) is 2.63. The number of benzene rings is 1. The number of hydrogen-bond acceptors (Lipinski definition) is 2. The minimum Gasteiger partial charge on any atom is -0.391 e. The second-order valence-corrected chi connectivity index (χ2v) is 6.43. The van der Waals surface area contributed by atoms with Crippen LogP contribution < -0.4 is 5.32 Å². The van der Waals surface area contributed by atoms with Gasteiger partial charge in [-0.2, -0.15) is 0 Å². The largest absolute Gasteiger partial charge is 0.391 e. The molecule has 1 aliphatic rings. The summed E-state index contributed by atoms with van der Waals surface area (Å²) < 4.78 is 1.04. The van der Waals surface area contributed by atoms with Crippen LogP contribution in [0.3, 0.4) is 0 Å². The third-order valence-electron chi connectivity index (χ3n) is 3.71. The third kappa shape index (κ3) is 4.21. The van der Waals surface area contributed by atoms with Crippen LogP contribution in [0.15, 0.2) is 22.7 Å². The number of carbonyl (C=O) groups is 1. The van der Waals surface area contributed by atoms with Crippen LogP contribution in [-0.4, -0.2) is 35.7 Å². The number of halogens is 1. The van der Waals surface area contributed by atoms with Gasteiger partial charge in [0.1, 0.15) is 0 Å². The molecule has 4 nitrogen and oxygen atoms in total. The van der Waals surface area contributed by atoms with E-state index in [9.17, 15) is 9.90 Å². The first kappa shape index (κ1) is 15.3. The molecule has 1 aromatic rings. The number of amides is 2. The number of carbonyl (C=O) groups excluding carboxylic acids is 1. The summed E-state index contributed by atoms with van der Waals surface area (Å²) >= 11 is 3.42. The lowest BCUT2D eigenvalue weighted by Gasteiger charge is -2.21. The molecule has 20 heavy (non-hydrogen) atoms. The quantitative estimate of drug-likeness (QED) is 0.865. The summed E-state index contributed by atoms with van der Waals surface area (Å²) in [7, 11) is 1.72. The second-order valence-electron chi connectivity index (χ2n) is 5.51. The predicted molar refractivity (Wildman–Crippen MR) is 82.5 cm³/mol. The van der Waals surface area contributed by atoms with Gasteiger partial charge in [-0.3, -0.25) is 0 Å². The number of aliphatic hydroxyl groups is 1. The third-order valence-corrected chi connectivity index (χ3v) is 4.20. The van der Waals surface area contributed by atoms with Crippen molar-refractivity contribution in [3.05, 3.63) is 33.8 Å². The fraction of sp³-hybridized carbons (Fsp3) is 0.533. The van der Waals surface area contributed by atoms with Crippen molar-refractivity contribution >= 4 is 22.0 Å². The highest BCUT2D eigenvalue weighted by Gasteiger charge is 2.31. The molecule has 1 atom stereocenters. The monoisotopic (exact) mass is 340 g/mol. The van der Waals surface area contributed by atoms with Crippen LogP contribution in [-0.2, 0) is 6.54 Å². The summed E-state index contributed by atoms with van der Waals surface area (Å²) in [5.41, 5.74) is 2.23. The first-order chi connectivity index (χ1) is 9.47. The van der Waals surface area contributed by atoms with Crippen LogP contribution in [0.25, 0.3) is 0 Å².